The summed E-state index contributed by atoms with van der Waals surface area (Å²) in [4.78, 5) is 23.7. The van der Waals surface area contributed by atoms with Gasteiger partial charge in [-0.15, -0.1) is 6.58 Å². The minimum atomic E-state index is -0.910. The largest absolute Gasteiger partial charge is 0.481 e. The van der Waals surface area contributed by atoms with Gasteiger partial charge in [0, 0.05) is 19.5 Å². The van der Waals surface area contributed by atoms with Crippen molar-refractivity contribution in [2.45, 2.75) is 18.9 Å². The summed E-state index contributed by atoms with van der Waals surface area (Å²) in [6.45, 7) is 5.06. The number of hydrogen-bond acceptors (Lipinski definition) is 3. The Morgan fingerprint density at radius 3 is 3.07 bits per heavy atom. The van der Waals surface area contributed by atoms with Crippen molar-refractivity contribution in [2.24, 2.45) is 0 Å². The Bertz CT molecular complexity index is 264. The Labute approximate surface area is 88.3 Å². The molecule has 1 unspecified atom stereocenters. The summed E-state index contributed by atoms with van der Waals surface area (Å²) in [5.41, 5.74) is 0. The van der Waals surface area contributed by atoms with Crippen LogP contribution in [-0.4, -0.2) is 47.7 Å². The number of nitrogens with zero attached hydrogens (tertiary/aromatic N) is 1. The van der Waals surface area contributed by atoms with Crippen molar-refractivity contribution in [1.82, 2.24) is 4.90 Å². The first-order valence-electron chi connectivity index (χ1n) is 4.88. The molecule has 1 fully saturated rings. The number of carboxylic acid groups (broad SMARTS) is 1. The summed E-state index contributed by atoms with van der Waals surface area (Å²) >= 11 is 0. The van der Waals surface area contributed by atoms with E-state index in [0.29, 0.717) is 19.7 Å². The highest BCUT2D eigenvalue weighted by molar-refractivity contribution is 5.82. The summed E-state index contributed by atoms with van der Waals surface area (Å²) in [6.07, 6.45) is 1.24. The van der Waals surface area contributed by atoms with Crippen LogP contribution in [0.4, 0.5) is 0 Å². The molecule has 1 aliphatic heterocycles. The first-order chi connectivity index (χ1) is 7.15. The van der Waals surface area contributed by atoms with Gasteiger partial charge in [-0.3, -0.25) is 9.59 Å². The smallest absolute Gasteiger partial charge is 0.303 e. The number of ether oxygens (including phenoxy) is 1. The average Bonchev–Trinajstić information content (AvgIpc) is 2.19. The number of morpholine rings is 1. The van der Waals surface area contributed by atoms with Crippen LogP contribution in [0.25, 0.3) is 0 Å². The number of carboxylic acids is 1. The molecule has 0 spiro atoms. The lowest BCUT2D eigenvalue weighted by atomic mass is 10.1. The number of carbonyl (C=O) groups is 2. The van der Waals surface area contributed by atoms with Gasteiger partial charge in [-0.05, 0) is 6.42 Å². The lowest BCUT2D eigenvalue weighted by Gasteiger charge is -2.31. The third kappa shape index (κ3) is 3.36. The molecule has 0 aromatic heterocycles. The molecular weight excluding hydrogens is 198 g/mol. The third-order valence-corrected chi connectivity index (χ3v) is 2.24. The maximum absolute atomic E-state index is 11.7. The molecule has 5 heteroatoms. The van der Waals surface area contributed by atoms with E-state index in [-0.39, 0.29) is 18.7 Å². The first kappa shape index (κ1) is 11.7. The molecule has 1 rings (SSSR count). The van der Waals surface area contributed by atoms with Gasteiger partial charge < -0.3 is 14.7 Å². The van der Waals surface area contributed by atoms with Crippen LogP contribution in [0.1, 0.15) is 12.8 Å². The molecule has 0 aromatic carbocycles. The number of rotatable bonds is 5. The van der Waals surface area contributed by atoms with Crippen molar-refractivity contribution in [3.8, 4) is 0 Å². The van der Waals surface area contributed by atoms with E-state index in [1.807, 2.05) is 0 Å². The van der Waals surface area contributed by atoms with Crippen molar-refractivity contribution in [3.63, 3.8) is 0 Å². The van der Waals surface area contributed by atoms with Gasteiger partial charge in [-0.1, -0.05) is 6.08 Å². The van der Waals surface area contributed by atoms with E-state index in [1.54, 1.807) is 11.0 Å². The van der Waals surface area contributed by atoms with Crippen LogP contribution in [-0.2, 0) is 14.3 Å². The van der Waals surface area contributed by atoms with E-state index >= 15 is 0 Å². The molecular formula is C10H15NO4. The van der Waals surface area contributed by atoms with Crippen molar-refractivity contribution in [2.75, 3.05) is 19.7 Å². The molecule has 1 atom stereocenters. The number of hydrogen-bond donors (Lipinski definition) is 1. The highest BCUT2D eigenvalue weighted by atomic mass is 16.5. The summed E-state index contributed by atoms with van der Waals surface area (Å²) in [7, 11) is 0. The van der Waals surface area contributed by atoms with Gasteiger partial charge in [0.2, 0.25) is 0 Å². The molecule has 5 nitrogen and oxygen atoms in total. The molecule has 1 saturated heterocycles. The molecule has 84 valence electrons. The molecule has 15 heavy (non-hydrogen) atoms. The van der Waals surface area contributed by atoms with Crippen molar-refractivity contribution in [3.05, 3.63) is 12.7 Å². The van der Waals surface area contributed by atoms with Gasteiger partial charge in [0.1, 0.15) is 6.10 Å². The van der Waals surface area contributed by atoms with Gasteiger partial charge in [-0.2, -0.15) is 0 Å². The summed E-state index contributed by atoms with van der Waals surface area (Å²) in [5, 5.41) is 8.50. The van der Waals surface area contributed by atoms with Gasteiger partial charge in [0.15, 0.2) is 0 Å². The van der Waals surface area contributed by atoms with E-state index in [1.165, 1.54) is 0 Å². The Morgan fingerprint density at radius 1 is 1.73 bits per heavy atom. The standard InChI is InChI=1S/C10H15NO4/c1-2-5-11-6-7-15-8(10(11)14)3-4-9(12)13/h2,8H,1,3-7H2,(H,12,13). The van der Waals surface area contributed by atoms with Crippen LogP contribution < -0.4 is 0 Å². The van der Waals surface area contributed by atoms with Crippen LogP contribution in [0, 0.1) is 0 Å². The maximum atomic E-state index is 11.7. The second kappa shape index (κ2) is 5.50. The topological polar surface area (TPSA) is 66.8 Å². The SMILES string of the molecule is C=CCN1CCOC(CCC(=O)O)C1=O. The average molecular weight is 213 g/mol. The van der Waals surface area contributed by atoms with Gasteiger partial charge in [0.05, 0.1) is 6.61 Å². The molecule has 1 aliphatic rings. The van der Waals surface area contributed by atoms with Crippen LogP contribution in [0.5, 0.6) is 0 Å². The van der Waals surface area contributed by atoms with Gasteiger partial charge in [-0.25, -0.2) is 0 Å². The quantitative estimate of drug-likeness (QED) is 0.665. The fourth-order valence-electron chi connectivity index (χ4n) is 1.49. The predicted octanol–water partition coefficient (Wildman–Crippen LogP) is 0.265. The van der Waals surface area contributed by atoms with Crippen LogP contribution in [0.3, 0.4) is 0 Å². The van der Waals surface area contributed by atoms with Gasteiger partial charge in [0.25, 0.3) is 5.91 Å². The normalized spacial score (nSPS) is 21.5. The summed E-state index contributed by atoms with van der Waals surface area (Å²) < 4.78 is 5.23. The molecule has 1 heterocycles. The third-order valence-electron chi connectivity index (χ3n) is 2.24. The highest BCUT2D eigenvalue weighted by Crippen LogP contribution is 2.12. The monoisotopic (exact) mass is 213 g/mol. The summed E-state index contributed by atoms with van der Waals surface area (Å²) in [5.74, 6) is -1.05. The van der Waals surface area contributed by atoms with Crippen molar-refractivity contribution < 1.29 is 19.4 Å². The molecule has 0 aromatic rings. The molecule has 0 saturated carbocycles. The van der Waals surface area contributed by atoms with Gasteiger partial charge >= 0.3 is 5.97 Å². The zero-order valence-electron chi connectivity index (χ0n) is 8.52. The Hall–Kier alpha value is -1.36. The second-order valence-electron chi connectivity index (χ2n) is 3.36. The van der Waals surface area contributed by atoms with E-state index in [9.17, 15) is 9.59 Å². The van der Waals surface area contributed by atoms with E-state index in [4.69, 9.17) is 9.84 Å². The predicted molar refractivity (Wildman–Crippen MR) is 53.4 cm³/mol. The fraction of sp³-hybridized carbons (Fsp3) is 0.600. The Morgan fingerprint density at radius 2 is 2.47 bits per heavy atom. The first-order valence-corrected chi connectivity index (χ1v) is 4.88. The molecule has 1 amide bonds. The van der Waals surface area contributed by atoms with Crippen molar-refractivity contribution >= 4 is 11.9 Å². The minimum absolute atomic E-state index is 0.0433. The summed E-state index contributed by atoms with van der Waals surface area (Å²) in [6, 6.07) is 0. The second-order valence-corrected chi connectivity index (χ2v) is 3.36. The molecule has 1 N–H and O–H groups in total. The van der Waals surface area contributed by atoms with E-state index in [2.05, 4.69) is 6.58 Å². The highest BCUT2D eigenvalue weighted by Gasteiger charge is 2.28. The van der Waals surface area contributed by atoms with E-state index < -0.39 is 12.1 Å². The maximum Gasteiger partial charge on any atom is 0.303 e. The van der Waals surface area contributed by atoms with Crippen LogP contribution >= 0.6 is 0 Å². The number of aliphatic carboxylic acids is 1. The van der Waals surface area contributed by atoms with Crippen LogP contribution in [0.2, 0.25) is 0 Å². The Balaban J connectivity index is 2.46. The number of amides is 1. The lowest BCUT2D eigenvalue weighted by Crippen LogP contribution is -2.47. The zero-order chi connectivity index (χ0) is 11.3. The molecule has 0 aliphatic carbocycles. The Kier molecular flexibility index (Phi) is 4.30. The fourth-order valence-corrected chi connectivity index (χ4v) is 1.49. The van der Waals surface area contributed by atoms with Crippen molar-refractivity contribution in [1.29, 1.82) is 0 Å². The van der Waals surface area contributed by atoms with E-state index in [0.717, 1.165) is 0 Å². The molecule has 0 bridgehead atoms. The zero-order valence-corrected chi connectivity index (χ0v) is 8.52. The number of carbonyl (C=O) groups excluding carboxylic acids is 1. The lowest BCUT2D eigenvalue weighted by molar-refractivity contribution is -0.153. The minimum Gasteiger partial charge on any atom is -0.481 e. The van der Waals surface area contributed by atoms with Crippen LogP contribution in [0.15, 0.2) is 12.7 Å². The molecule has 0 radical (unpaired) electrons.